The van der Waals surface area contributed by atoms with E-state index in [0.717, 1.165) is 17.9 Å². The Kier molecular flexibility index (Phi) is 4.68. The number of fused-ring (bicyclic) bond motifs is 2. The Morgan fingerprint density at radius 3 is 2.30 bits per heavy atom. The quantitative estimate of drug-likeness (QED) is 0.857. The molecule has 0 aromatic carbocycles. The number of ether oxygens (including phenoxy) is 1. The minimum atomic E-state index is 0.503. The van der Waals surface area contributed by atoms with Crippen LogP contribution < -0.4 is 5.32 Å². The second kappa shape index (κ2) is 6.33. The van der Waals surface area contributed by atoms with Gasteiger partial charge in [0.15, 0.2) is 0 Å². The molecule has 1 N–H and O–H groups in total. The van der Waals surface area contributed by atoms with Crippen molar-refractivity contribution in [1.82, 2.24) is 10.2 Å². The minimum Gasteiger partial charge on any atom is -0.381 e. The predicted octanol–water partition coefficient (Wildman–Crippen LogP) is 2.65. The van der Waals surface area contributed by atoms with Crippen LogP contribution in [0.5, 0.6) is 0 Å². The third kappa shape index (κ3) is 3.05. The lowest BCUT2D eigenvalue weighted by Crippen LogP contribution is -2.59. The van der Waals surface area contributed by atoms with Crippen LogP contribution in [0, 0.1) is 11.8 Å². The zero-order chi connectivity index (χ0) is 14.1. The molecule has 4 unspecified atom stereocenters. The highest BCUT2D eigenvalue weighted by Gasteiger charge is 2.41. The molecule has 1 heterocycles. The molecule has 2 saturated carbocycles. The van der Waals surface area contributed by atoms with Gasteiger partial charge in [0, 0.05) is 38.3 Å². The van der Waals surface area contributed by atoms with Crippen molar-refractivity contribution in [2.24, 2.45) is 11.8 Å². The molecule has 116 valence electrons. The molecule has 3 aliphatic rings. The molecule has 0 spiro atoms. The summed E-state index contributed by atoms with van der Waals surface area (Å²) in [5.74, 6) is 1.76. The monoisotopic (exact) mass is 280 g/mol. The van der Waals surface area contributed by atoms with Crippen molar-refractivity contribution in [3.63, 3.8) is 0 Å². The minimum absolute atomic E-state index is 0.503. The van der Waals surface area contributed by atoms with Crippen molar-refractivity contribution in [2.45, 2.75) is 76.6 Å². The van der Waals surface area contributed by atoms with Gasteiger partial charge in [0.05, 0.1) is 6.10 Å². The van der Waals surface area contributed by atoms with E-state index in [4.69, 9.17) is 4.74 Å². The summed E-state index contributed by atoms with van der Waals surface area (Å²) in [6, 6.07) is 2.20. The summed E-state index contributed by atoms with van der Waals surface area (Å²) in [6.07, 6.45) is 8.58. The van der Waals surface area contributed by atoms with E-state index in [1.807, 2.05) is 7.11 Å². The van der Waals surface area contributed by atoms with Gasteiger partial charge < -0.3 is 15.0 Å². The van der Waals surface area contributed by atoms with E-state index in [1.165, 1.54) is 51.6 Å². The molecular formula is C17H32N2O. The summed E-state index contributed by atoms with van der Waals surface area (Å²) >= 11 is 0. The van der Waals surface area contributed by atoms with Crippen molar-refractivity contribution in [2.75, 3.05) is 20.2 Å². The van der Waals surface area contributed by atoms with Crippen LogP contribution in [0.25, 0.3) is 0 Å². The van der Waals surface area contributed by atoms with E-state index in [9.17, 15) is 0 Å². The second-order valence-electron chi connectivity index (χ2n) is 7.56. The van der Waals surface area contributed by atoms with Crippen LogP contribution in [-0.2, 0) is 4.74 Å². The normalized spacial score (nSPS) is 42.3. The first-order chi connectivity index (χ1) is 9.67. The standard InChI is InChI=1S/C17H32N2O/c1-12(2)19-10-13-5-4-6-14(11-19)17(13)18-15-7-8-16(9-15)20-3/h12-18H,4-11H2,1-3H3. The molecule has 0 aromatic heterocycles. The Balaban J connectivity index is 1.59. The number of hydrogen-bond acceptors (Lipinski definition) is 3. The summed E-state index contributed by atoms with van der Waals surface area (Å²) in [5.41, 5.74) is 0. The van der Waals surface area contributed by atoms with E-state index in [-0.39, 0.29) is 0 Å². The van der Waals surface area contributed by atoms with Gasteiger partial charge in [-0.05, 0) is 57.8 Å². The Morgan fingerprint density at radius 1 is 1.05 bits per heavy atom. The molecule has 1 aliphatic heterocycles. The number of piperidine rings is 1. The van der Waals surface area contributed by atoms with Crippen LogP contribution >= 0.6 is 0 Å². The summed E-state index contributed by atoms with van der Waals surface area (Å²) in [4.78, 5) is 2.71. The number of methoxy groups -OCH3 is 1. The van der Waals surface area contributed by atoms with E-state index in [1.54, 1.807) is 0 Å². The van der Waals surface area contributed by atoms with Crippen molar-refractivity contribution < 1.29 is 4.74 Å². The molecular weight excluding hydrogens is 248 g/mol. The first-order valence-electron chi connectivity index (χ1n) is 8.70. The Labute approximate surface area is 124 Å². The van der Waals surface area contributed by atoms with Gasteiger partial charge in [0.25, 0.3) is 0 Å². The van der Waals surface area contributed by atoms with E-state index in [2.05, 4.69) is 24.1 Å². The van der Waals surface area contributed by atoms with Crippen LogP contribution in [0.3, 0.4) is 0 Å². The predicted molar refractivity (Wildman–Crippen MR) is 82.9 cm³/mol. The molecule has 20 heavy (non-hydrogen) atoms. The van der Waals surface area contributed by atoms with Crippen molar-refractivity contribution >= 4 is 0 Å². The first kappa shape index (κ1) is 14.8. The smallest absolute Gasteiger partial charge is 0.0586 e. The highest BCUT2D eigenvalue weighted by Crippen LogP contribution is 2.37. The van der Waals surface area contributed by atoms with Crippen LogP contribution in [-0.4, -0.2) is 49.3 Å². The van der Waals surface area contributed by atoms with Gasteiger partial charge in [-0.2, -0.15) is 0 Å². The van der Waals surface area contributed by atoms with E-state index in [0.29, 0.717) is 18.2 Å². The van der Waals surface area contributed by atoms with Gasteiger partial charge in [-0.3, -0.25) is 0 Å². The van der Waals surface area contributed by atoms with Gasteiger partial charge in [0.1, 0.15) is 0 Å². The zero-order valence-corrected chi connectivity index (χ0v) is 13.5. The summed E-state index contributed by atoms with van der Waals surface area (Å²) < 4.78 is 5.52. The number of nitrogens with zero attached hydrogens (tertiary/aromatic N) is 1. The van der Waals surface area contributed by atoms with E-state index >= 15 is 0 Å². The highest BCUT2D eigenvalue weighted by atomic mass is 16.5. The number of rotatable bonds is 4. The summed E-state index contributed by atoms with van der Waals surface area (Å²) in [5, 5.41) is 4.04. The lowest BCUT2D eigenvalue weighted by atomic mass is 9.73. The maximum atomic E-state index is 5.52. The molecule has 3 heteroatoms. The third-order valence-corrected chi connectivity index (χ3v) is 5.98. The summed E-state index contributed by atoms with van der Waals surface area (Å²) in [7, 11) is 1.86. The maximum absolute atomic E-state index is 5.52. The SMILES string of the molecule is COC1CCC(NC2C3CCCC2CN(C(C)C)C3)C1. The molecule has 0 amide bonds. The Hall–Kier alpha value is -0.120. The molecule has 3 nitrogen and oxygen atoms in total. The fourth-order valence-electron chi connectivity index (χ4n) is 4.74. The van der Waals surface area contributed by atoms with Crippen LogP contribution in [0.4, 0.5) is 0 Å². The fraction of sp³-hybridized carbons (Fsp3) is 1.00. The van der Waals surface area contributed by atoms with Gasteiger partial charge in [-0.1, -0.05) is 6.42 Å². The van der Waals surface area contributed by atoms with Crippen LogP contribution in [0.2, 0.25) is 0 Å². The Bertz CT molecular complexity index is 306. The molecule has 3 rings (SSSR count). The van der Waals surface area contributed by atoms with Crippen LogP contribution in [0.15, 0.2) is 0 Å². The molecule has 4 atom stereocenters. The lowest BCUT2D eigenvalue weighted by molar-refractivity contribution is 0.0240. The topological polar surface area (TPSA) is 24.5 Å². The van der Waals surface area contributed by atoms with Gasteiger partial charge in [-0.25, -0.2) is 0 Å². The van der Waals surface area contributed by atoms with Crippen LogP contribution in [0.1, 0.15) is 52.4 Å². The second-order valence-corrected chi connectivity index (χ2v) is 7.56. The molecule has 3 fully saturated rings. The molecule has 0 radical (unpaired) electrons. The Morgan fingerprint density at radius 2 is 1.75 bits per heavy atom. The third-order valence-electron chi connectivity index (χ3n) is 5.98. The van der Waals surface area contributed by atoms with Gasteiger partial charge >= 0.3 is 0 Å². The largest absolute Gasteiger partial charge is 0.381 e. The van der Waals surface area contributed by atoms with Crippen molar-refractivity contribution in [1.29, 1.82) is 0 Å². The fourth-order valence-corrected chi connectivity index (χ4v) is 4.74. The molecule has 2 aliphatic carbocycles. The van der Waals surface area contributed by atoms with Crippen molar-refractivity contribution in [3.05, 3.63) is 0 Å². The molecule has 1 saturated heterocycles. The van der Waals surface area contributed by atoms with E-state index < -0.39 is 0 Å². The number of nitrogens with one attached hydrogen (secondary N) is 1. The maximum Gasteiger partial charge on any atom is 0.0586 e. The number of hydrogen-bond donors (Lipinski definition) is 1. The van der Waals surface area contributed by atoms with Gasteiger partial charge in [-0.15, -0.1) is 0 Å². The number of likely N-dealkylation sites (tertiary alicyclic amines) is 1. The average Bonchev–Trinajstić information content (AvgIpc) is 2.85. The lowest BCUT2D eigenvalue weighted by Gasteiger charge is -2.50. The molecule has 2 bridgehead atoms. The zero-order valence-electron chi connectivity index (χ0n) is 13.5. The highest BCUT2D eigenvalue weighted by molar-refractivity contribution is 4.97. The van der Waals surface area contributed by atoms with Gasteiger partial charge in [0.2, 0.25) is 0 Å². The average molecular weight is 280 g/mol. The summed E-state index contributed by atoms with van der Waals surface area (Å²) in [6.45, 7) is 7.33. The first-order valence-corrected chi connectivity index (χ1v) is 8.70. The van der Waals surface area contributed by atoms with Crippen molar-refractivity contribution in [3.8, 4) is 0 Å². The molecule has 0 aromatic rings.